The summed E-state index contributed by atoms with van der Waals surface area (Å²) in [5, 5.41) is 0. The zero-order chi connectivity index (χ0) is 18.0. The number of hydrogen-bond acceptors (Lipinski definition) is 4. The van der Waals surface area contributed by atoms with Crippen molar-refractivity contribution in [3.63, 3.8) is 0 Å². The van der Waals surface area contributed by atoms with Gasteiger partial charge in [0.25, 0.3) is 10.0 Å². The van der Waals surface area contributed by atoms with E-state index in [0.29, 0.717) is 16.7 Å². The fourth-order valence-electron chi connectivity index (χ4n) is 2.72. The van der Waals surface area contributed by atoms with E-state index >= 15 is 0 Å². The number of nitrogens with one attached hydrogen (secondary N) is 3. The number of hydrogen-bond donors (Lipinski definition) is 3. The number of aromatic nitrogens is 2. The Labute approximate surface area is 145 Å². The first-order valence-electron chi connectivity index (χ1n) is 8.03. The Kier molecular flexibility index (Phi) is 4.54. The van der Waals surface area contributed by atoms with Crippen molar-refractivity contribution in [3.8, 4) is 0 Å². The summed E-state index contributed by atoms with van der Waals surface area (Å²) in [6.45, 7) is 5.91. The fraction of sp³-hybridized carbons (Fsp3) is 0.235. The van der Waals surface area contributed by atoms with Gasteiger partial charge in [0, 0.05) is 24.5 Å². The van der Waals surface area contributed by atoms with Crippen molar-refractivity contribution in [2.45, 2.75) is 18.7 Å². The first kappa shape index (κ1) is 17.1. The largest absolute Gasteiger partial charge is 0.372 e. The van der Waals surface area contributed by atoms with Crippen LogP contribution in [0.25, 0.3) is 11.0 Å². The van der Waals surface area contributed by atoms with Gasteiger partial charge >= 0.3 is 5.69 Å². The number of fused-ring (bicyclic) bond motifs is 1. The van der Waals surface area contributed by atoms with Crippen molar-refractivity contribution in [2.75, 3.05) is 22.7 Å². The third kappa shape index (κ3) is 3.53. The van der Waals surface area contributed by atoms with Crippen LogP contribution >= 0.6 is 0 Å². The molecule has 25 heavy (non-hydrogen) atoms. The second kappa shape index (κ2) is 6.64. The summed E-state index contributed by atoms with van der Waals surface area (Å²) in [6, 6.07) is 11.7. The predicted molar refractivity (Wildman–Crippen MR) is 99.7 cm³/mol. The van der Waals surface area contributed by atoms with Crippen molar-refractivity contribution >= 4 is 32.4 Å². The zero-order valence-corrected chi connectivity index (χ0v) is 14.9. The molecule has 0 aliphatic carbocycles. The molecule has 0 amide bonds. The van der Waals surface area contributed by atoms with Crippen LogP contribution in [0.5, 0.6) is 0 Å². The summed E-state index contributed by atoms with van der Waals surface area (Å²) in [5.41, 5.74) is 2.17. The van der Waals surface area contributed by atoms with Crippen LogP contribution in [0.4, 0.5) is 11.4 Å². The third-order valence-electron chi connectivity index (χ3n) is 4.05. The fourth-order valence-corrected chi connectivity index (χ4v) is 3.81. The zero-order valence-electron chi connectivity index (χ0n) is 14.0. The summed E-state index contributed by atoms with van der Waals surface area (Å²) < 4.78 is 27.7. The summed E-state index contributed by atoms with van der Waals surface area (Å²) in [7, 11) is -3.74. The maximum atomic E-state index is 12.6. The SMILES string of the molecule is CCN(CC)c1ccc(NS(=O)(=O)c2ccc3[nH]c(=O)[nH]c3c2)cc1. The molecule has 0 fully saturated rings. The molecule has 0 bridgehead atoms. The van der Waals surface area contributed by atoms with Crippen LogP contribution in [0.2, 0.25) is 0 Å². The molecule has 0 saturated carbocycles. The average Bonchev–Trinajstić information content (AvgIpc) is 2.96. The Morgan fingerprint density at radius 2 is 1.60 bits per heavy atom. The van der Waals surface area contributed by atoms with Gasteiger partial charge in [0.15, 0.2) is 0 Å². The first-order valence-corrected chi connectivity index (χ1v) is 9.51. The van der Waals surface area contributed by atoms with E-state index < -0.39 is 10.0 Å². The number of rotatable bonds is 6. The number of aromatic amines is 2. The molecule has 0 aliphatic heterocycles. The van der Waals surface area contributed by atoms with Gasteiger partial charge in [-0.05, 0) is 56.3 Å². The number of nitrogens with zero attached hydrogens (tertiary/aromatic N) is 1. The predicted octanol–water partition coefficient (Wildman–Crippen LogP) is 2.50. The van der Waals surface area contributed by atoms with E-state index in [2.05, 4.69) is 33.4 Å². The van der Waals surface area contributed by atoms with Crippen LogP contribution in [-0.2, 0) is 10.0 Å². The molecule has 0 unspecified atom stereocenters. The van der Waals surface area contributed by atoms with E-state index in [1.165, 1.54) is 12.1 Å². The number of benzene rings is 2. The number of imidazole rings is 1. The average molecular weight is 360 g/mol. The van der Waals surface area contributed by atoms with E-state index in [-0.39, 0.29) is 10.6 Å². The molecule has 8 heteroatoms. The van der Waals surface area contributed by atoms with E-state index in [1.807, 2.05) is 12.1 Å². The number of anilines is 2. The van der Waals surface area contributed by atoms with Crippen molar-refractivity contribution in [2.24, 2.45) is 0 Å². The van der Waals surface area contributed by atoms with Crippen LogP contribution in [0, 0.1) is 0 Å². The monoisotopic (exact) mass is 360 g/mol. The van der Waals surface area contributed by atoms with Crippen molar-refractivity contribution < 1.29 is 8.42 Å². The molecule has 1 heterocycles. The van der Waals surface area contributed by atoms with Crippen LogP contribution < -0.4 is 15.3 Å². The molecule has 1 aromatic heterocycles. The minimum Gasteiger partial charge on any atom is -0.372 e. The second-order valence-corrected chi connectivity index (χ2v) is 7.29. The van der Waals surface area contributed by atoms with Gasteiger partial charge in [-0.3, -0.25) is 4.72 Å². The van der Waals surface area contributed by atoms with Gasteiger partial charge in [0.2, 0.25) is 0 Å². The molecule has 0 radical (unpaired) electrons. The van der Waals surface area contributed by atoms with Crippen LogP contribution in [-0.4, -0.2) is 31.5 Å². The van der Waals surface area contributed by atoms with Crippen molar-refractivity contribution in [1.29, 1.82) is 0 Å². The second-order valence-electron chi connectivity index (χ2n) is 5.61. The molecule has 3 aromatic rings. The summed E-state index contributed by atoms with van der Waals surface area (Å²) in [4.78, 5) is 18.7. The first-order chi connectivity index (χ1) is 11.9. The lowest BCUT2D eigenvalue weighted by Gasteiger charge is -2.21. The Hall–Kier alpha value is -2.74. The van der Waals surface area contributed by atoms with E-state index in [9.17, 15) is 13.2 Å². The summed E-state index contributed by atoms with van der Waals surface area (Å²) in [6.07, 6.45) is 0. The highest BCUT2D eigenvalue weighted by Crippen LogP contribution is 2.22. The van der Waals surface area contributed by atoms with Gasteiger partial charge in [-0.15, -0.1) is 0 Å². The Bertz CT molecular complexity index is 1030. The minimum atomic E-state index is -3.74. The molecular weight excluding hydrogens is 340 g/mol. The highest BCUT2D eigenvalue weighted by Gasteiger charge is 2.15. The molecule has 0 spiro atoms. The Balaban J connectivity index is 1.85. The van der Waals surface area contributed by atoms with Crippen LogP contribution in [0.3, 0.4) is 0 Å². The van der Waals surface area contributed by atoms with Gasteiger partial charge in [0.1, 0.15) is 0 Å². The van der Waals surface area contributed by atoms with Gasteiger partial charge in [0.05, 0.1) is 15.9 Å². The van der Waals surface area contributed by atoms with Crippen molar-refractivity contribution in [3.05, 3.63) is 52.9 Å². The lowest BCUT2D eigenvalue weighted by molar-refractivity contribution is 0.601. The standard InChI is InChI=1S/C17H20N4O3S/c1-3-21(4-2)13-7-5-12(6-8-13)20-25(23,24)14-9-10-15-16(11-14)19-17(22)18-15/h5-11,20H,3-4H2,1-2H3,(H2,18,19,22). The maximum Gasteiger partial charge on any atom is 0.323 e. The van der Waals surface area contributed by atoms with E-state index in [1.54, 1.807) is 18.2 Å². The Morgan fingerprint density at radius 1 is 0.960 bits per heavy atom. The molecule has 7 nitrogen and oxygen atoms in total. The number of H-pyrrole nitrogens is 2. The van der Waals surface area contributed by atoms with Gasteiger partial charge < -0.3 is 14.9 Å². The van der Waals surface area contributed by atoms with Gasteiger partial charge in [-0.1, -0.05) is 0 Å². The number of sulfonamides is 1. The quantitative estimate of drug-likeness (QED) is 0.629. The van der Waals surface area contributed by atoms with Crippen LogP contribution in [0.1, 0.15) is 13.8 Å². The van der Waals surface area contributed by atoms with Crippen molar-refractivity contribution in [1.82, 2.24) is 9.97 Å². The van der Waals surface area contributed by atoms with Gasteiger partial charge in [-0.25, -0.2) is 13.2 Å². The lowest BCUT2D eigenvalue weighted by atomic mass is 10.2. The van der Waals surface area contributed by atoms with E-state index in [0.717, 1.165) is 18.8 Å². The third-order valence-corrected chi connectivity index (χ3v) is 5.42. The highest BCUT2D eigenvalue weighted by molar-refractivity contribution is 7.92. The van der Waals surface area contributed by atoms with Gasteiger partial charge in [-0.2, -0.15) is 0 Å². The van der Waals surface area contributed by atoms with Crippen LogP contribution in [0.15, 0.2) is 52.2 Å². The molecule has 0 saturated heterocycles. The normalized spacial score (nSPS) is 11.6. The highest BCUT2D eigenvalue weighted by atomic mass is 32.2. The Morgan fingerprint density at radius 3 is 2.24 bits per heavy atom. The molecule has 0 aliphatic rings. The summed E-state index contributed by atoms with van der Waals surface area (Å²) >= 11 is 0. The minimum absolute atomic E-state index is 0.0862. The molecule has 3 N–H and O–H groups in total. The smallest absolute Gasteiger partial charge is 0.323 e. The summed E-state index contributed by atoms with van der Waals surface area (Å²) in [5.74, 6) is 0. The topological polar surface area (TPSA) is 98.1 Å². The van der Waals surface area contributed by atoms with E-state index in [4.69, 9.17) is 0 Å². The molecular formula is C17H20N4O3S. The molecule has 0 atom stereocenters. The molecule has 132 valence electrons. The lowest BCUT2D eigenvalue weighted by Crippen LogP contribution is -2.21. The molecule has 3 rings (SSSR count). The molecule has 2 aromatic carbocycles. The maximum absolute atomic E-state index is 12.6.